The Bertz CT molecular complexity index is 482. The standard InChI is InChI=1S/C15H20N2O3/c1-2-20-15(19)12-8-9-16-13(10-12)17-14(18)11-6-4-3-5-7-11/h8-11H,2-7H2,1H3,(H,16,17,18). The maximum atomic E-state index is 12.1. The number of hydrogen-bond donors (Lipinski definition) is 1. The van der Waals surface area contributed by atoms with Crippen LogP contribution >= 0.6 is 0 Å². The first-order valence-electron chi connectivity index (χ1n) is 7.14. The van der Waals surface area contributed by atoms with Gasteiger partial charge in [0.25, 0.3) is 0 Å². The predicted octanol–water partition coefficient (Wildman–Crippen LogP) is 2.78. The van der Waals surface area contributed by atoms with E-state index in [1.54, 1.807) is 19.1 Å². The molecule has 0 aromatic carbocycles. The van der Waals surface area contributed by atoms with Crippen molar-refractivity contribution in [2.45, 2.75) is 39.0 Å². The summed E-state index contributed by atoms with van der Waals surface area (Å²) >= 11 is 0. The van der Waals surface area contributed by atoms with Gasteiger partial charge in [0.15, 0.2) is 0 Å². The van der Waals surface area contributed by atoms with E-state index in [1.165, 1.54) is 12.6 Å². The lowest BCUT2D eigenvalue weighted by Crippen LogP contribution is -2.25. The van der Waals surface area contributed by atoms with E-state index in [9.17, 15) is 9.59 Å². The molecule has 0 atom stereocenters. The average molecular weight is 276 g/mol. The second-order valence-corrected chi connectivity index (χ2v) is 4.97. The number of ether oxygens (including phenoxy) is 1. The lowest BCUT2D eigenvalue weighted by molar-refractivity contribution is -0.120. The fraction of sp³-hybridized carbons (Fsp3) is 0.533. The number of carbonyl (C=O) groups is 2. The van der Waals surface area contributed by atoms with Gasteiger partial charge in [-0.1, -0.05) is 19.3 Å². The molecule has 20 heavy (non-hydrogen) atoms. The molecule has 1 aliphatic carbocycles. The summed E-state index contributed by atoms with van der Waals surface area (Å²) in [5, 5.41) is 2.79. The molecule has 0 bridgehead atoms. The van der Waals surface area contributed by atoms with Crippen molar-refractivity contribution in [1.29, 1.82) is 0 Å². The SMILES string of the molecule is CCOC(=O)c1ccnc(NC(=O)C2CCCCC2)c1. The van der Waals surface area contributed by atoms with Crippen molar-refractivity contribution in [2.24, 2.45) is 5.92 Å². The number of esters is 1. The van der Waals surface area contributed by atoms with Gasteiger partial charge in [-0.2, -0.15) is 0 Å². The van der Waals surface area contributed by atoms with Crippen molar-refractivity contribution < 1.29 is 14.3 Å². The molecule has 1 fully saturated rings. The monoisotopic (exact) mass is 276 g/mol. The summed E-state index contributed by atoms with van der Waals surface area (Å²) in [5.74, 6) is 0.0733. The van der Waals surface area contributed by atoms with Crippen molar-refractivity contribution in [2.75, 3.05) is 11.9 Å². The molecule has 0 aliphatic heterocycles. The number of rotatable bonds is 4. The molecule has 5 heteroatoms. The molecule has 1 saturated carbocycles. The summed E-state index contributed by atoms with van der Waals surface area (Å²) in [6.45, 7) is 2.08. The minimum absolute atomic E-state index is 0.00166. The maximum absolute atomic E-state index is 12.1. The Morgan fingerprint density at radius 3 is 2.80 bits per heavy atom. The molecule has 1 aromatic rings. The van der Waals surface area contributed by atoms with E-state index in [-0.39, 0.29) is 11.8 Å². The Morgan fingerprint density at radius 1 is 1.35 bits per heavy atom. The molecule has 1 amide bonds. The second kappa shape index (κ2) is 7.03. The number of hydrogen-bond acceptors (Lipinski definition) is 4. The van der Waals surface area contributed by atoms with Gasteiger partial charge in [0.1, 0.15) is 5.82 Å². The van der Waals surface area contributed by atoms with E-state index >= 15 is 0 Å². The second-order valence-electron chi connectivity index (χ2n) is 4.97. The molecule has 1 N–H and O–H groups in total. The van der Waals surface area contributed by atoms with Crippen molar-refractivity contribution >= 4 is 17.7 Å². The predicted molar refractivity (Wildman–Crippen MR) is 75.4 cm³/mol. The molecule has 1 aliphatic rings. The molecule has 0 spiro atoms. The zero-order valence-corrected chi connectivity index (χ0v) is 11.7. The van der Waals surface area contributed by atoms with Crippen LogP contribution in [0.15, 0.2) is 18.3 Å². The van der Waals surface area contributed by atoms with Crippen LogP contribution in [0.4, 0.5) is 5.82 Å². The molecule has 1 aromatic heterocycles. The van der Waals surface area contributed by atoms with Crippen LogP contribution in [0, 0.1) is 5.92 Å². The number of nitrogens with zero attached hydrogens (tertiary/aromatic N) is 1. The first kappa shape index (κ1) is 14.5. The Morgan fingerprint density at radius 2 is 2.10 bits per heavy atom. The van der Waals surface area contributed by atoms with Gasteiger partial charge in [-0.15, -0.1) is 0 Å². The van der Waals surface area contributed by atoms with Crippen molar-refractivity contribution in [1.82, 2.24) is 4.98 Å². The molecular formula is C15H20N2O3. The fourth-order valence-electron chi connectivity index (χ4n) is 2.43. The van der Waals surface area contributed by atoms with E-state index in [2.05, 4.69) is 10.3 Å². The van der Waals surface area contributed by atoms with E-state index in [4.69, 9.17) is 4.74 Å². The van der Waals surface area contributed by atoms with Gasteiger partial charge < -0.3 is 10.1 Å². The Balaban J connectivity index is 2.00. The third-order valence-electron chi connectivity index (χ3n) is 3.50. The average Bonchev–Trinajstić information content (AvgIpc) is 2.48. The zero-order chi connectivity index (χ0) is 14.4. The fourth-order valence-corrected chi connectivity index (χ4v) is 2.43. The highest BCUT2D eigenvalue weighted by atomic mass is 16.5. The van der Waals surface area contributed by atoms with E-state index < -0.39 is 5.97 Å². The number of anilines is 1. The Kier molecular flexibility index (Phi) is 5.09. The summed E-state index contributed by atoms with van der Waals surface area (Å²) in [7, 11) is 0. The van der Waals surface area contributed by atoms with E-state index in [0.29, 0.717) is 18.0 Å². The van der Waals surface area contributed by atoms with Gasteiger partial charge >= 0.3 is 5.97 Å². The van der Waals surface area contributed by atoms with Crippen molar-refractivity contribution in [3.8, 4) is 0 Å². The number of pyridine rings is 1. The molecule has 108 valence electrons. The van der Waals surface area contributed by atoms with Crippen LogP contribution < -0.4 is 5.32 Å². The highest BCUT2D eigenvalue weighted by molar-refractivity contribution is 5.94. The Hall–Kier alpha value is -1.91. The largest absolute Gasteiger partial charge is 0.462 e. The summed E-state index contributed by atoms with van der Waals surface area (Å²) in [4.78, 5) is 27.8. The van der Waals surface area contributed by atoms with Gasteiger partial charge in [-0.05, 0) is 31.9 Å². The number of amides is 1. The molecule has 2 rings (SSSR count). The minimum atomic E-state index is -0.400. The highest BCUT2D eigenvalue weighted by Crippen LogP contribution is 2.24. The summed E-state index contributed by atoms with van der Waals surface area (Å²) < 4.78 is 4.92. The first-order chi connectivity index (χ1) is 9.70. The molecule has 0 unspecified atom stereocenters. The molecular weight excluding hydrogens is 256 g/mol. The summed E-state index contributed by atoms with van der Waals surface area (Å²) in [6, 6.07) is 3.13. The van der Waals surface area contributed by atoms with Crippen LogP contribution in [0.3, 0.4) is 0 Å². The topological polar surface area (TPSA) is 68.3 Å². The number of nitrogens with one attached hydrogen (secondary N) is 1. The summed E-state index contributed by atoms with van der Waals surface area (Å²) in [5.41, 5.74) is 0.404. The zero-order valence-electron chi connectivity index (χ0n) is 11.7. The van der Waals surface area contributed by atoms with E-state index in [1.807, 2.05) is 0 Å². The van der Waals surface area contributed by atoms with Crippen molar-refractivity contribution in [3.63, 3.8) is 0 Å². The van der Waals surface area contributed by atoms with Gasteiger partial charge in [-0.25, -0.2) is 9.78 Å². The lowest BCUT2D eigenvalue weighted by atomic mass is 9.89. The number of carbonyl (C=O) groups excluding carboxylic acids is 2. The normalized spacial score (nSPS) is 15.7. The van der Waals surface area contributed by atoms with Gasteiger partial charge in [-0.3, -0.25) is 4.79 Å². The van der Waals surface area contributed by atoms with Gasteiger partial charge in [0.2, 0.25) is 5.91 Å². The van der Waals surface area contributed by atoms with Gasteiger partial charge in [0, 0.05) is 12.1 Å². The highest BCUT2D eigenvalue weighted by Gasteiger charge is 2.21. The lowest BCUT2D eigenvalue weighted by Gasteiger charge is -2.20. The molecule has 0 radical (unpaired) electrons. The van der Waals surface area contributed by atoms with Crippen LogP contribution in [0.1, 0.15) is 49.4 Å². The first-order valence-corrected chi connectivity index (χ1v) is 7.14. The van der Waals surface area contributed by atoms with Crippen molar-refractivity contribution in [3.05, 3.63) is 23.9 Å². The van der Waals surface area contributed by atoms with E-state index in [0.717, 1.165) is 25.7 Å². The van der Waals surface area contributed by atoms with Crippen LogP contribution in [0.2, 0.25) is 0 Å². The molecule has 0 saturated heterocycles. The third-order valence-corrected chi connectivity index (χ3v) is 3.50. The smallest absolute Gasteiger partial charge is 0.338 e. The molecule has 5 nitrogen and oxygen atoms in total. The van der Waals surface area contributed by atoms with Crippen LogP contribution in [-0.2, 0) is 9.53 Å². The quantitative estimate of drug-likeness (QED) is 0.859. The van der Waals surface area contributed by atoms with Crippen LogP contribution in [0.5, 0.6) is 0 Å². The van der Waals surface area contributed by atoms with Gasteiger partial charge in [0.05, 0.1) is 12.2 Å². The van der Waals surface area contributed by atoms with Crippen LogP contribution in [0.25, 0.3) is 0 Å². The van der Waals surface area contributed by atoms with Crippen LogP contribution in [-0.4, -0.2) is 23.5 Å². The molecule has 1 heterocycles. The number of aromatic nitrogens is 1. The minimum Gasteiger partial charge on any atom is -0.462 e. The summed E-state index contributed by atoms with van der Waals surface area (Å²) in [6.07, 6.45) is 6.79. The Labute approximate surface area is 118 Å². The third kappa shape index (κ3) is 3.79. The maximum Gasteiger partial charge on any atom is 0.338 e.